The number of thioether (sulfide) groups is 1. The number of hydrazine groups is 1. The Bertz CT molecular complexity index is 404. The molecule has 1 aliphatic rings. The molecule has 1 aromatic rings. The van der Waals surface area contributed by atoms with Gasteiger partial charge in [0.1, 0.15) is 0 Å². The van der Waals surface area contributed by atoms with Gasteiger partial charge in [-0.05, 0) is 54.0 Å². The van der Waals surface area contributed by atoms with E-state index in [9.17, 15) is 0 Å². The summed E-state index contributed by atoms with van der Waals surface area (Å²) in [5.41, 5.74) is 4.40. The topological polar surface area (TPSA) is 38.0 Å². The molecule has 1 aromatic carbocycles. The zero-order valence-corrected chi connectivity index (χ0v) is 13.7. The first-order valence-corrected chi connectivity index (χ1v) is 8.83. The molecule has 1 saturated carbocycles. The number of nitrogens with one attached hydrogen (secondary N) is 1. The predicted molar refractivity (Wildman–Crippen MR) is 88.6 cm³/mol. The lowest BCUT2D eigenvalue weighted by molar-refractivity contribution is 0.171. The van der Waals surface area contributed by atoms with Crippen molar-refractivity contribution in [3.05, 3.63) is 29.8 Å². The molecule has 0 heterocycles. The van der Waals surface area contributed by atoms with Crippen LogP contribution < -0.4 is 11.3 Å². The lowest BCUT2D eigenvalue weighted by atomic mass is 9.72. The fourth-order valence-corrected chi connectivity index (χ4v) is 4.00. The van der Waals surface area contributed by atoms with Gasteiger partial charge in [0.05, 0.1) is 0 Å². The summed E-state index contributed by atoms with van der Waals surface area (Å²) in [7, 11) is 0. The highest BCUT2D eigenvalue weighted by atomic mass is 32.2. The highest BCUT2D eigenvalue weighted by Crippen LogP contribution is 2.39. The van der Waals surface area contributed by atoms with Crippen LogP contribution in [0, 0.1) is 17.8 Å². The van der Waals surface area contributed by atoms with Crippen molar-refractivity contribution < 1.29 is 0 Å². The van der Waals surface area contributed by atoms with Gasteiger partial charge in [0.15, 0.2) is 0 Å². The maximum Gasteiger partial charge on any atom is 0.0488 e. The maximum absolute atomic E-state index is 5.86. The molecular formula is C17H28N2S. The van der Waals surface area contributed by atoms with Gasteiger partial charge >= 0.3 is 0 Å². The van der Waals surface area contributed by atoms with E-state index in [1.54, 1.807) is 0 Å². The van der Waals surface area contributed by atoms with E-state index in [1.165, 1.54) is 29.7 Å². The average Bonchev–Trinajstić information content (AvgIpc) is 2.46. The lowest BCUT2D eigenvalue weighted by Gasteiger charge is -2.36. The van der Waals surface area contributed by atoms with Gasteiger partial charge in [-0.3, -0.25) is 11.3 Å². The minimum atomic E-state index is 0.297. The van der Waals surface area contributed by atoms with Crippen molar-refractivity contribution in [1.82, 2.24) is 5.43 Å². The van der Waals surface area contributed by atoms with Gasteiger partial charge in [-0.2, -0.15) is 0 Å². The second-order valence-electron chi connectivity index (χ2n) is 6.17. The van der Waals surface area contributed by atoms with Crippen LogP contribution in [0.3, 0.4) is 0 Å². The summed E-state index contributed by atoms with van der Waals surface area (Å²) in [4.78, 5) is 1.35. The molecule has 1 fully saturated rings. The Labute approximate surface area is 127 Å². The second-order valence-corrected chi connectivity index (χ2v) is 7.51. The van der Waals surface area contributed by atoms with Crippen LogP contribution in [0.4, 0.5) is 0 Å². The van der Waals surface area contributed by atoms with Gasteiger partial charge in [0.2, 0.25) is 0 Å². The van der Waals surface area contributed by atoms with Crippen LogP contribution in [0.2, 0.25) is 0 Å². The average molecular weight is 292 g/mol. The largest absolute Gasteiger partial charge is 0.271 e. The lowest BCUT2D eigenvalue weighted by Crippen LogP contribution is -2.36. The zero-order valence-electron chi connectivity index (χ0n) is 12.9. The van der Waals surface area contributed by atoms with Crippen LogP contribution in [-0.4, -0.2) is 5.75 Å². The molecule has 1 aliphatic carbocycles. The first-order valence-electron chi connectivity index (χ1n) is 7.84. The SMILES string of the molecule is CCSc1ccc(C(NN)C2CCC(C)C(C)C2)cc1. The minimum absolute atomic E-state index is 0.297. The molecule has 3 heteroatoms. The first-order chi connectivity index (χ1) is 9.65. The Morgan fingerprint density at radius 2 is 1.90 bits per heavy atom. The van der Waals surface area contributed by atoms with E-state index in [4.69, 9.17) is 5.84 Å². The molecule has 0 bridgehead atoms. The van der Waals surface area contributed by atoms with E-state index in [0.717, 1.165) is 17.6 Å². The third-order valence-corrected chi connectivity index (χ3v) is 5.73. The summed E-state index contributed by atoms with van der Waals surface area (Å²) in [6.45, 7) is 6.95. The first kappa shape index (κ1) is 15.9. The summed E-state index contributed by atoms with van der Waals surface area (Å²) in [6, 6.07) is 9.23. The van der Waals surface area contributed by atoms with Crippen LogP contribution in [0.15, 0.2) is 29.2 Å². The predicted octanol–water partition coefficient (Wildman–Crippen LogP) is 4.38. The van der Waals surface area contributed by atoms with Crippen LogP contribution >= 0.6 is 11.8 Å². The van der Waals surface area contributed by atoms with Crippen molar-refractivity contribution in [2.24, 2.45) is 23.6 Å². The minimum Gasteiger partial charge on any atom is -0.271 e. The highest BCUT2D eigenvalue weighted by molar-refractivity contribution is 7.99. The Morgan fingerprint density at radius 1 is 1.20 bits per heavy atom. The van der Waals surface area contributed by atoms with Gasteiger partial charge < -0.3 is 0 Å². The van der Waals surface area contributed by atoms with Crippen molar-refractivity contribution in [3.8, 4) is 0 Å². The molecule has 0 aliphatic heterocycles. The Morgan fingerprint density at radius 3 is 2.45 bits per heavy atom. The molecule has 3 N–H and O–H groups in total. The summed E-state index contributed by atoms with van der Waals surface area (Å²) in [5, 5.41) is 0. The number of rotatable bonds is 5. The van der Waals surface area contributed by atoms with E-state index < -0.39 is 0 Å². The maximum atomic E-state index is 5.86. The van der Waals surface area contributed by atoms with E-state index in [0.29, 0.717) is 12.0 Å². The van der Waals surface area contributed by atoms with E-state index >= 15 is 0 Å². The molecule has 2 nitrogen and oxygen atoms in total. The molecule has 0 radical (unpaired) electrons. The number of benzene rings is 1. The fraction of sp³-hybridized carbons (Fsp3) is 0.647. The van der Waals surface area contributed by atoms with E-state index in [2.05, 4.69) is 50.5 Å². The Kier molecular flexibility index (Phi) is 5.94. The fourth-order valence-electron chi connectivity index (χ4n) is 3.33. The number of nitrogens with two attached hydrogens (primary N) is 1. The summed E-state index contributed by atoms with van der Waals surface area (Å²) < 4.78 is 0. The Balaban J connectivity index is 2.07. The van der Waals surface area contributed by atoms with Crippen molar-refractivity contribution in [2.45, 2.75) is 51.0 Å². The van der Waals surface area contributed by atoms with E-state index in [1.807, 2.05) is 11.8 Å². The smallest absolute Gasteiger partial charge is 0.0488 e. The number of hydrogen-bond acceptors (Lipinski definition) is 3. The van der Waals surface area contributed by atoms with Crippen molar-refractivity contribution >= 4 is 11.8 Å². The molecule has 4 atom stereocenters. The summed E-state index contributed by atoms with van der Waals surface area (Å²) in [5.74, 6) is 9.30. The molecule has 0 spiro atoms. The van der Waals surface area contributed by atoms with Crippen molar-refractivity contribution in [1.29, 1.82) is 0 Å². The molecule has 0 saturated heterocycles. The summed E-state index contributed by atoms with van der Waals surface area (Å²) >= 11 is 1.89. The van der Waals surface area contributed by atoms with Crippen LogP contribution in [-0.2, 0) is 0 Å². The van der Waals surface area contributed by atoms with Gasteiger partial charge in [0.25, 0.3) is 0 Å². The molecule has 20 heavy (non-hydrogen) atoms. The van der Waals surface area contributed by atoms with Crippen LogP contribution in [0.25, 0.3) is 0 Å². The molecule has 0 amide bonds. The normalized spacial score (nSPS) is 28.3. The van der Waals surface area contributed by atoms with Gasteiger partial charge in [-0.25, -0.2) is 0 Å². The third-order valence-electron chi connectivity index (χ3n) is 4.84. The molecule has 4 unspecified atom stereocenters. The van der Waals surface area contributed by atoms with Gasteiger partial charge in [0, 0.05) is 10.9 Å². The third kappa shape index (κ3) is 3.78. The van der Waals surface area contributed by atoms with Crippen molar-refractivity contribution in [3.63, 3.8) is 0 Å². The molecular weight excluding hydrogens is 264 g/mol. The quantitative estimate of drug-likeness (QED) is 0.480. The molecule has 2 rings (SSSR count). The monoisotopic (exact) mass is 292 g/mol. The van der Waals surface area contributed by atoms with Crippen LogP contribution in [0.5, 0.6) is 0 Å². The molecule has 0 aromatic heterocycles. The van der Waals surface area contributed by atoms with Crippen molar-refractivity contribution in [2.75, 3.05) is 5.75 Å². The highest BCUT2D eigenvalue weighted by Gasteiger charge is 2.30. The zero-order chi connectivity index (χ0) is 14.5. The second kappa shape index (κ2) is 7.48. The Hall–Kier alpha value is -0.510. The van der Waals surface area contributed by atoms with Gasteiger partial charge in [-0.1, -0.05) is 39.3 Å². The molecule has 112 valence electrons. The summed E-state index contributed by atoms with van der Waals surface area (Å²) in [6.07, 6.45) is 3.89. The van der Waals surface area contributed by atoms with Gasteiger partial charge in [-0.15, -0.1) is 11.8 Å². The van der Waals surface area contributed by atoms with E-state index in [-0.39, 0.29) is 0 Å². The van der Waals surface area contributed by atoms with Crippen LogP contribution in [0.1, 0.15) is 51.6 Å². The number of hydrogen-bond donors (Lipinski definition) is 2. The standard InChI is InChI=1S/C17H28N2S/c1-4-20-16-9-7-14(8-10-16)17(19-18)15-6-5-12(2)13(3)11-15/h7-10,12-13,15,17,19H,4-6,11,18H2,1-3H3.